The maximum Gasteiger partial charge on any atom is 0.254 e. The number of amides is 1. The van der Waals surface area contributed by atoms with E-state index in [4.69, 9.17) is 0 Å². The van der Waals surface area contributed by atoms with Crippen LogP contribution in [0.4, 0.5) is 0 Å². The first-order valence-corrected chi connectivity index (χ1v) is 10.6. The molecule has 3 fully saturated rings. The molecule has 2 aromatic rings. The van der Waals surface area contributed by atoms with E-state index in [2.05, 4.69) is 46.8 Å². The van der Waals surface area contributed by atoms with Crippen molar-refractivity contribution < 1.29 is 4.79 Å². The van der Waals surface area contributed by atoms with E-state index in [0.29, 0.717) is 17.9 Å². The van der Waals surface area contributed by atoms with Crippen LogP contribution in [0.25, 0.3) is 0 Å². The molecule has 1 aromatic heterocycles. The van der Waals surface area contributed by atoms with Crippen LogP contribution in [0, 0.1) is 11.8 Å². The van der Waals surface area contributed by atoms with Gasteiger partial charge in [0.2, 0.25) is 0 Å². The fourth-order valence-electron chi connectivity index (χ4n) is 4.73. The first-order valence-electron chi connectivity index (χ1n) is 10.6. The highest BCUT2D eigenvalue weighted by molar-refractivity contribution is 5.94. The summed E-state index contributed by atoms with van der Waals surface area (Å²) in [4.78, 5) is 22.1. The van der Waals surface area contributed by atoms with Crippen LogP contribution in [-0.4, -0.2) is 46.4 Å². The molecule has 4 heterocycles. The Kier molecular flexibility index (Phi) is 5.77. The van der Waals surface area contributed by atoms with Crippen molar-refractivity contribution in [2.45, 2.75) is 45.7 Å². The summed E-state index contributed by atoms with van der Waals surface area (Å²) < 4.78 is 0. The van der Waals surface area contributed by atoms with E-state index in [0.717, 1.165) is 44.6 Å². The first kappa shape index (κ1) is 19.1. The fourth-order valence-corrected chi connectivity index (χ4v) is 4.73. The second kappa shape index (κ2) is 8.44. The number of carbonyl (C=O) groups excluding carboxylic acids is 1. The Labute approximate surface area is 168 Å². The minimum Gasteiger partial charge on any atom is -0.334 e. The van der Waals surface area contributed by atoms with Gasteiger partial charge in [-0.05, 0) is 60.4 Å². The van der Waals surface area contributed by atoms with Gasteiger partial charge in [0.15, 0.2) is 0 Å². The molecule has 0 unspecified atom stereocenters. The van der Waals surface area contributed by atoms with E-state index in [9.17, 15) is 4.79 Å². The highest BCUT2D eigenvalue weighted by Crippen LogP contribution is 2.30. The van der Waals surface area contributed by atoms with Gasteiger partial charge in [0.1, 0.15) is 0 Å². The third-order valence-electron chi connectivity index (χ3n) is 6.02. The van der Waals surface area contributed by atoms with Crippen LogP contribution in [-0.2, 0) is 13.0 Å². The fraction of sp³-hybridized carbons (Fsp3) is 0.500. The standard InChI is InChI=1S/C24H31N3O/c1-18(2)12-19-5-8-22(9-6-19)24(28)27-16-21-7-10-23(27)17-26(15-21)14-20-4-3-11-25-13-20/h3-6,8-9,11,13,18,21,23H,7,10,12,14-17H2,1-2H3/t21-,23+/m0/s1. The Balaban J connectivity index is 1.45. The molecule has 3 aliphatic heterocycles. The lowest BCUT2D eigenvalue weighted by Gasteiger charge is -2.36. The molecule has 3 saturated heterocycles. The number of nitrogens with zero attached hydrogens (tertiary/aromatic N) is 3. The Hall–Kier alpha value is -2.20. The smallest absolute Gasteiger partial charge is 0.254 e. The van der Waals surface area contributed by atoms with Gasteiger partial charge in [-0.2, -0.15) is 0 Å². The van der Waals surface area contributed by atoms with E-state index in [1.54, 1.807) is 0 Å². The molecular formula is C24H31N3O. The molecule has 148 valence electrons. The van der Waals surface area contributed by atoms with Gasteiger partial charge in [-0.1, -0.05) is 32.0 Å². The summed E-state index contributed by atoms with van der Waals surface area (Å²) >= 11 is 0. The van der Waals surface area contributed by atoms with Gasteiger partial charge >= 0.3 is 0 Å². The van der Waals surface area contributed by atoms with E-state index < -0.39 is 0 Å². The van der Waals surface area contributed by atoms with Crippen LogP contribution in [0.3, 0.4) is 0 Å². The lowest BCUT2D eigenvalue weighted by Crippen LogP contribution is -2.47. The van der Waals surface area contributed by atoms with Crippen molar-refractivity contribution in [3.63, 3.8) is 0 Å². The molecule has 28 heavy (non-hydrogen) atoms. The van der Waals surface area contributed by atoms with Gasteiger partial charge < -0.3 is 4.90 Å². The molecule has 0 N–H and O–H groups in total. The number of hydrogen-bond acceptors (Lipinski definition) is 3. The zero-order valence-corrected chi connectivity index (χ0v) is 17.1. The molecule has 0 radical (unpaired) electrons. The Morgan fingerprint density at radius 3 is 2.61 bits per heavy atom. The molecule has 1 amide bonds. The maximum atomic E-state index is 13.2. The number of rotatable bonds is 5. The molecule has 2 atom stereocenters. The van der Waals surface area contributed by atoms with Gasteiger partial charge in [-0.25, -0.2) is 0 Å². The average Bonchev–Trinajstić information content (AvgIpc) is 2.99. The molecular weight excluding hydrogens is 346 g/mol. The quantitative estimate of drug-likeness (QED) is 0.790. The third kappa shape index (κ3) is 4.44. The number of hydrogen-bond donors (Lipinski definition) is 0. The number of pyridine rings is 1. The van der Waals surface area contributed by atoms with Crippen LogP contribution in [0.1, 0.15) is 48.2 Å². The topological polar surface area (TPSA) is 36.4 Å². The molecule has 0 saturated carbocycles. The van der Waals surface area contributed by atoms with Gasteiger partial charge in [-0.15, -0.1) is 0 Å². The van der Waals surface area contributed by atoms with Crippen molar-refractivity contribution in [2.75, 3.05) is 19.6 Å². The predicted molar refractivity (Wildman–Crippen MR) is 112 cm³/mol. The van der Waals surface area contributed by atoms with E-state index in [-0.39, 0.29) is 5.91 Å². The average molecular weight is 378 g/mol. The van der Waals surface area contributed by atoms with Gasteiger partial charge in [-0.3, -0.25) is 14.7 Å². The van der Waals surface area contributed by atoms with Gasteiger partial charge in [0.05, 0.1) is 0 Å². The van der Waals surface area contributed by atoms with Gasteiger partial charge in [0, 0.05) is 50.2 Å². The number of carbonyl (C=O) groups is 1. The molecule has 0 spiro atoms. The molecule has 5 rings (SSSR count). The van der Waals surface area contributed by atoms with E-state index >= 15 is 0 Å². The van der Waals surface area contributed by atoms with Crippen LogP contribution >= 0.6 is 0 Å². The van der Waals surface area contributed by atoms with Crippen LogP contribution in [0.5, 0.6) is 0 Å². The second-order valence-corrected chi connectivity index (χ2v) is 8.90. The second-order valence-electron chi connectivity index (χ2n) is 8.90. The molecule has 4 nitrogen and oxygen atoms in total. The number of fused-ring (bicyclic) bond motifs is 4. The molecule has 2 bridgehead atoms. The van der Waals surface area contributed by atoms with Crippen molar-refractivity contribution in [3.05, 3.63) is 65.5 Å². The summed E-state index contributed by atoms with van der Waals surface area (Å²) in [6.45, 7) is 8.30. The zero-order valence-electron chi connectivity index (χ0n) is 17.1. The monoisotopic (exact) mass is 377 g/mol. The summed E-state index contributed by atoms with van der Waals surface area (Å²) in [5.74, 6) is 1.40. The van der Waals surface area contributed by atoms with Crippen molar-refractivity contribution in [1.82, 2.24) is 14.8 Å². The minimum atomic E-state index is 0.203. The number of benzene rings is 1. The van der Waals surface area contributed by atoms with Crippen molar-refractivity contribution in [2.24, 2.45) is 11.8 Å². The Bertz CT molecular complexity index is 787. The van der Waals surface area contributed by atoms with Crippen molar-refractivity contribution in [3.8, 4) is 0 Å². The van der Waals surface area contributed by atoms with Crippen molar-refractivity contribution in [1.29, 1.82) is 0 Å². The highest BCUT2D eigenvalue weighted by Gasteiger charge is 2.37. The van der Waals surface area contributed by atoms with Crippen LogP contribution in [0.15, 0.2) is 48.8 Å². The largest absolute Gasteiger partial charge is 0.334 e. The summed E-state index contributed by atoms with van der Waals surface area (Å²) in [5.41, 5.74) is 3.40. The highest BCUT2D eigenvalue weighted by atomic mass is 16.2. The normalized spacial score (nSPS) is 22.5. The van der Waals surface area contributed by atoms with Crippen LogP contribution < -0.4 is 0 Å². The predicted octanol–water partition coefficient (Wildman–Crippen LogP) is 4.02. The Morgan fingerprint density at radius 2 is 1.89 bits per heavy atom. The molecule has 1 aromatic carbocycles. The Morgan fingerprint density at radius 1 is 1.07 bits per heavy atom. The molecule has 3 aliphatic rings. The number of piperidine rings is 1. The van der Waals surface area contributed by atoms with E-state index in [1.807, 2.05) is 30.6 Å². The van der Waals surface area contributed by atoms with Gasteiger partial charge in [0.25, 0.3) is 5.91 Å². The molecule has 4 heteroatoms. The number of aromatic nitrogens is 1. The first-order chi connectivity index (χ1) is 13.6. The summed E-state index contributed by atoms with van der Waals surface area (Å²) in [5, 5.41) is 0. The minimum absolute atomic E-state index is 0.203. The maximum absolute atomic E-state index is 13.2. The van der Waals surface area contributed by atoms with E-state index in [1.165, 1.54) is 17.5 Å². The zero-order chi connectivity index (χ0) is 19.5. The third-order valence-corrected chi connectivity index (χ3v) is 6.02. The SMILES string of the molecule is CC(C)Cc1ccc(C(=O)N2C[C@H]3CC[C@@H]2CN(Cc2cccnc2)C3)cc1. The summed E-state index contributed by atoms with van der Waals surface area (Å²) in [7, 11) is 0. The lowest BCUT2D eigenvalue weighted by atomic mass is 9.94. The van der Waals surface area contributed by atoms with Crippen molar-refractivity contribution >= 4 is 5.91 Å². The molecule has 0 aliphatic carbocycles. The summed E-state index contributed by atoms with van der Waals surface area (Å²) in [6, 6.07) is 12.7. The lowest BCUT2D eigenvalue weighted by molar-refractivity contribution is 0.0585. The van der Waals surface area contributed by atoms with Crippen LogP contribution in [0.2, 0.25) is 0 Å². The summed E-state index contributed by atoms with van der Waals surface area (Å²) in [6.07, 6.45) is 7.18.